The number of piperazine rings is 2. The summed E-state index contributed by atoms with van der Waals surface area (Å²) >= 11 is 0. The number of unbranched alkanes of at least 4 members (excludes halogenated alkanes) is 1. The minimum absolute atomic E-state index is 0. The summed E-state index contributed by atoms with van der Waals surface area (Å²) in [5, 5.41) is 3.54. The number of rotatable bonds is 10. The molecule has 2 aliphatic heterocycles. The molecule has 0 amide bonds. The van der Waals surface area contributed by atoms with Gasteiger partial charge in [0.15, 0.2) is 5.96 Å². The summed E-state index contributed by atoms with van der Waals surface area (Å²) in [6, 6.07) is 11.5. The van der Waals surface area contributed by atoms with Gasteiger partial charge in [-0.15, -0.1) is 24.0 Å². The number of hydrogen-bond donors (Lipinski definition) is 1. The fourth-order valence-corrected chi connectivity index (χ4v) is 5.01. The molecule has 1 unspecified atom stereocenters. The van der Waals surface area contributed by atoms with Crippen molar-refractivity contribution in [2.24, 2.45) is 4.99 Å². The van der Waals surface area contributed by atoms with Gasteiger partial charge in [-0.25, -0.2) is 0 Å². The lowest BCUT2D eigenvalue weighted by atomic mass is 10.0. The Labute approximate surface area is 219 Å². The maximum Gasteiger partial charge on any atom is 0.194 e. The molecule has 33 heavy (non-hydrogen) atoms. The van der Waals surface area contributed by atoms with E-state index in [9.17, 15) is 0 Å². The molecule has 2 heterocycles. The van der Waals surface area contributed by atoms with Gasteiger partial charge in [0.2, 0.25) is 0 Å². The van der Waals surface area contributed by atoms with Gasteiger partial charge in [-0.2, -0.15) is 0 Å². The van der Waals surface area contributed by atoms with Crippen LogP contribution in [0.25, 0.3) is 0 Å². The van der Waals surface area contributed by atoms with Crippen molar-refractivity contribution in [1.82, 2.24) is 24.9 Å². The molecule has 0 saturated carbocycles. The number of benzene rings is 1. The Hall–Kier alpha value is -0.900. The average molecular weight is 571 g/mol. The Bertz CT molecular complexity index is 654. The van der Waals surface area contributed by atoms with Crippen LogP contribution in [0.4, 0.5) is 0 Å². The van der Waals surface area contributed by atoms with Crippen LogP contribution < -0.4 is 5.32 Å². The maximum absolute atomic E-state index is 4.98. The Morgan fingerprint density at radius 2 is 1.55 bits per heavy atom. The molecule has 7 heteroatoms. The summed E-state index contributed by atoms with van der Waals surface area (Å²) < 4.78 is 0. The van der Waals surface area contributed by atoms with Crippen molar-refractivity contribution in [3.63, 3.8) is 0 Å². The molecule has 2 fully saturated rings. The number of aliphatic imine (C=N–C) groups is 1. The topological polar surface area (TPSA) is 37.4 Å². The summed E-state index contributed by atoms with van der Waals surface area (Å²) in [5.74, 6) is 1.11. The standard InChI is InChI=1S/C26H46N6.HI/c1-4-25(24-12-8-7-9-13-24)31-20-22-32(23-21-31)26(27-5-2)28-14-10-11-15-30-18-16-29(6-3)17-19-30;/h7-9,12-13,25H,4-6,10-11,14-23H2,1-3H3,(H,27,28);1H. The molecule has 2 aliphatic rings. The van der Waals surface area contributed by atoms with Crippen molar-refractivity contribution in [1.29, 1.82) is 0 Å². The van der Waals surface area contributed by atoms with Crippen LogP contribution >= 0.6 is 24.0 Å². The Morgan fingerprint density at radius 1 is 0.879 bits per heavy atom. The maximum atomic E-state index is 4.98. The van der Waals surface area contributed by atoms with Gasteiger partial charge in [-0.3, -0.25) is 9.89 Å². The van der Waals surface area contributed by atoms with Gasteiger partial charge in [0.25, 0.3) is 0 Å². The zero-order valence-electron chi connectivity index (χ0n) is 21.2. The highest BCUT2D eigenvalue weighted by Crippen LogP contribution is 2.25. The first-order valence-electron chi connectivity index (χ1n) is 13.0. The van der Waals surface area contributed by atoms with Crippen LogP contribution in [0.1, 0.15) is 51.6 Å². The average Bonchev–Trinajstić information content (AvgIpc) is 2.85. The van der Waals surface area contributed by atoms with E-state index in [0.29, 0.717) is 6.04 Å². The quantitative estimate of drug-likeness (QED) is 0.201. The van der Waals surface area contributed by atoms with Crippen molar-refractivity contribution >= 4 is 29.9 Å². The molecule has 0 aliphatic carbocycles. The van der Waals surface area contributed by atoms with Crippen LogP contribution in [0.15, 0.2) is 35.3 Å². The zero-order valence-corrected chi connectivity index (χ0v) is 23.5. The Kier molecular flexibility index (Phi) is 13.7. The summed E-state index contributed by atoms with van der Waals surface area (Å²) in [6.07, 6.45) is 3.58. The molecule has 1 aromatic carbocycles. The summed E-state index contributed by atoms with van der Waals surface area (Å²) in [5.41, 5.74) is 1.44. The summed E-state index contributed by atoms with van der Waals surface area (Å²) in [7, 11) is 0. The predicted octanol–water partition coefficient (Wildman–Crippen LogP) is 3.76. The second-order valence-electron chi connectivity index (χ2n) is 9.08. The van der Waals surface area contributed by atoms with E-state index in [1.807, 2.05) is 0 Å². The van der Waals surface area contributed by atoms with Crippen molar-refractivity contribution in [2.75, 3.05) is 78.5 Å². The number of guanidine groups is 1. The SMILES string of the molecule is CCNC(=NCCCCN1CCN(CC)CC1)N1CCN(C(CC)c2ccccc2)CC1.I. The highest BCUT2D eigenvalue weighted by Gasteiger charge is 2.25. The van der Waals surface area contributed by atoms with Gasteiger partial charge >= 0.3 is 0 Å². The predicted molar refractivity (Wildman–Crippen MR) is 152 cm³/mol. The van der Waals surface area contributed by atoms with E-state index in [-0.39, 0.29) is 24.0 Å². The van der Waals surface area contributed by atoms with Crippen molar-refractivity contribution in [3.8, 4) is 0 Å². The first-order chi connectivity index (χ1) is 15.7. The van der Waals surface area contributed by atoms with Gasteiger partial charge in [-0.05, 0) is 44.8 Å². The Morgan fingerprint density at radius 3 is 2.15 bits per heavy atom. The van der Waals surface area contributed by atoms with Crippen molar-refractivity contribution in [3.05, 3.63) is 35.9 Å². The van der Waals surface area contributed by atoms with Crippen LogP contribution in [0.5, 0.6) is 0 Å². The van der Waals surface area contributed by atoms with Gasteiger partial charge in [-0.1, -0.05) is 44.2 Å². The smallest absolute Gasteiger partial charge is 0.194 e. The van der Waals surface area contributed by atoms with E-state index in [1.165, 1.54) is 57.7 Å². The normalized spacial score (nSPS) is 19.8. The number of likely N-dealkylation sites (N-methyl/N-ethyl adjacent to an activating group) is 1. The third kappa shape index (κ3) is 9.00. The number of nitrogens with zero attached hydrogens (tertiary/aromatic N) is 5. The van der Waals surface area contributed by atoms with Crippen molar-refractivity contribution in [2.45, 2.75) is 46.1 Å². The fraction of sp³-hybridized carbons (Fsp3) is 0.731. The third-order valence-corrected chi connectivity index (χ3v) is 7.02. The largest absolute Gasteiger partial charge is 0.357 e. The molecule has 0 aromatic heterocycles. The molecular formula is C26H47IN6. The second kappa shape index (κ2) is 15.9. The van der Waals surface area contributed by atoms with Crippen molar-refractivity contribution < 1.29 is 0 Å². The van der Waals surface area contributed by atoms with Crippen LogP contribution in [0, 0.1) is 0 Å². The molecule has 0 bridgehead atoms. The minimum Gasteiger partial charge on any atom is -0.357 e. The first kappa shape index (κ1) is 28.3. The molecule has 2 saturated heterocycles. The van der Waals surface area contributed by atoms with Crippen LogP contribution in [0.2, 0.25) is 0 Å². The third-order valence-electron chi connectivity index (χ3n) is 7.02. The molecule has 0 spiro atoms. The molecule has 1 atom stereocenters. The number of hydrogen-bond acceptors (Lipinski definition) is 4. The Balaban J connectivity index is 0.00000385. The molecule has 188 valence electrons. The van der Waals surface area contributed by atoms with E-state index < -0.39 is 0 Å². The molecule has 0 radical (unpaired) electrons. The van der Waals surface area contributed by atoms with E-state index in [1.54, 1.807) is 0 Å². The lowest BCUT2D eigenvalue weighted by Crippen LogP contribution is -2.53. The molecule has 6 nitrogen and oxygen atoms in total. The lowest BCUT2D eigenvalue weighted by molar-refractivity contribution is 0.127. The molecule has 1 aromatic rings. The number of nitrogens with one attached hydrogen (secondary N) is 1. The van der Waals surface area contributed by atoms with Gasteiger partial charge in [0.1, 0.15) is 0 Å². The van der Waals surface area contributed by atoms with E-state index >= 15 is 0 Å². The van der Waals surface area contributed by atoms with E-state index in [0.717, 1.165) is 51.6 Å². The molecule has 1 N–H and O–H groups in total. The molecular weight excluding hydrogens is 523 g/mol. The highest BCUT2D eigenvalue weighted by molar-refractivity contribution is 14.0. The highest BCUT2D eigenvalue weighted by atomic mass is 127. The van der Waals surface area contributed by atoms with Gasteiger partial charge in [0, 0.05) is 71.5 Å². The lowest BCUT2D eigenvalue weighted by Gasteiger charge is -2.40. The zero-order chi connectivity index (χ0) is 22.6. The number of halogens is 1. The van der Waals surface area contributed by atoms with Gasteiger partial charge < -0.3 is 20.0 Å². The fourth-order valence-electron chi connectivity index (χ4n) is 5.01. The van der Waals surface area contributed by atoms with Crippen LogP contribution in [0.3, 0.4) is 0 Å². The van der Waals surface area contributed by atoms with Gasteiger partial charge in [0.05, 0.1) is 0 Å². The second-order valence-corrected chi connectivity index (χ2v) is 9.08. The summed E-state index contributed by atoms with van der Waals surface area (Å²) in [4.78, 5) is 15.3. The molecule has 3 rings (SSSR count). The van der Waals surface area contributed by atoms with E-state index in [2.05, 4.69) is 76.0 Å². The van der Waals surface area contributed by atoms with E-state index in [4.69, 9.17) is 4.99 Å². The monoisotopic (exact) mass is 570 g/mol. The minimum atomic E-state index is 0. The van der Waals surface area contributed by atoms with Crippen LogP contribution in [-0.2, 0) is 0 Å². The first-order valence-corrected chi connectivity index (χ1v) is 13.0. The van der Waals surface area contributed by atoms with Crippen LogP contribution in [-0.4, -0.2) is 104 Å². The summed E-state index contributed by atoms with van der Waals surface area (Å²) in [6.45, 7) is 20.2.